The van der Waals surface area contributed by atoms with E-state index in [9.17, 15) is 26.7 Å². The topological polar surface area (TPSA) is 82.0 Å². The largest absolute Gasteiger partial charge is 0.452 e. The molecule has 2 atom stereocenters. The standard InChI is InChI=1S/C22H19F5N4O2/c1-12-19(29-18-4-2-3-7-31(12)18)16(32)9-13-5-6-15(24)14(8-13)21(11-23)10-17(22(25,26)27)33-20(28)30-21/h2-8,17H,9-11H2,1H3,(H2,28,30)/t17-,21+/m0/s1. The SMILES string of the molecule is Cc1c(C(=O)Cc2ccc(F)c([C@]3(CF)C[C@@H](C(F)(F)F)OC(N)=N3)c2)nc2ccccn12. The molecule has 2 N–H and O–H groups in total. The lowest BCUT2D eigenvalue weighted by Gasteiger charge is -2.36. The molecule has 174 valence electrons. The summed E-state index contributed by atoms with van der Waals surface area (Å²) in [5.74, 6) is -1.35. The van der Waals surface area contributed by atoms with Crippen molar-refractivity contribution in [1.29, 1.82) is 0 Å². The van der Waals surface area contributed by atoms with Gasteiger partial charge in [-0.3, -0.25) is 4.79 Å². The second kappa shape index (κ2) is 8.13. The fourth-order valence-corrected chi connectivity index (χ4v) is 3.98. The first-order chi connectivity index (χ1) is 15.5. The summed E-state index contributed by atoms with van der Waals surface area (Å²) in [6, 6.07) is 7.82. The molecule has 1 aliphatic heterocycles. The lowest BCUT2D eigenvalue weighted by molar-refractivity contribution is -0.209. The van der Waals surface area contributed by atoms with Gasteiger partial charge in [0, 0.05) is 24.6 Å². The van der Waals surface area contributed by atoms with Gasteiger partial charge in [-0.05, 0) is 36.8 Å². The zero-order valence-electron chi connectivity index (χ0n) is 17.4. The van der Waals surface area contributed by atoms with Crippen molar-refractivity contribution in [1.82, 2.24) is 9.38 Å². The van der Waals surface area contributed by atoms with Crippen molar-refractivity contribution in [2.75, 3.05) is 6.67 Å². The monoisotopic (exact) mass is 466 g/mol. The number of alkyl halides is 4. The molecule has 33 heavy (non-hydrogen) atoms. The van der Waals surface area contributed by atoms with Crippen LogP contribution in [0.15, 0.2) is 47.6 Å². The number of Topliss-reactive ketones (excluding diaryl/α,β-unsaturated/α-hetero) is 1. The number of ketones is 1. The van der Waals surface area contributed by atoms with Crippen LogP contribution in [0.5, 0.6) is 0 Å². The fraction of sp³-hybridized carbons (Fsp3) is 0.318. The number of carbonyl (C=O) groups is 1. The molecule has 0 bridgehead atoms. The van der Waals surface area contributed by atoms with E-state index in [4.69, 9.17) is 5.73 Å². The molecule has 0 saturated heterocycles. The van der Waals surface area contributed by atoms with Crippen LogP contribution < -0.4 is 5.73 Å². The number of hydrogen-bond acceptors (Lipinski definition) is 5. The molecular weight excluding hydrogens is 447 g/mol. The highest BCUT2D eigenvalue weighted by atomic mass is 19.4. The van der Waals surface area contributed by atoms with Crippen LogP contribution in [-0.2, 0) is 16.7 Å². The van der Waals surface area contributed by atoms with Crippen LogP contribution in [-0.4, -0.2) is 40.1 Å². The van der Waals surface area contributed by atoms with Gasteiger partial charge in [0.2, 0.25) is 0 Å². The number of pyridine rings is 1. The summed E-state index contributed by atoms with van der Waals surface area (Å²) in [7, 11) is 0. The second-order valence-corrected chi connectivity index (χ2v) is 7.86. The predicted molar refractivity (Wildman–Crippen MR) is 109 cm³/mol. The molecule has 0 radical (unpaired) electrons. The maximum absolute atomic E-state index is 14.7. The minimum atomic E-state index is -4.86. The minimum Gasteiger partial charge on any atom is -0.452 e. The highest BCUT2D eigenvalue weighted by molar-refractivity contribution is 5.97. The van der Waals surface area contributed by atoms with Crippen LogP contribution in [0, 0.1) is 12.7 Å². The van der Waals surface area contributed by atoms with Gasteiger partial charge in [-0.2, -0.15) is 13.2 Å². The van der Waals surface area contributed by atoms with Gasteiger partial charge in [-0.15, -0.1) is 0 Å². The number of aliphatic imine (C=N–C) groups is 1. The Hall–Kier alpha value is -3.50. The first kappa shape index (κ1) is 22.7. The number of rotatable bonds is 5. The molecular formula is C22H19F5N4O2. The summed E-state index contributed by atoms with van der Waals surface area (Å²) in [5.41, 5.74) is 4.37. The summed E-state index contributed by atoms with van der Waals surface area (Å²) in [4.78, 5) is 20.9. The Morgan fingerprint density at radius 2 is 2.06 bits per heavy atom. The minimum absolute atomic E-state index is 0.206. The molecule has 0 spiro atoms. The van der Waals surface area contributed by atoms with E-state index < -0.39 is 48.3 Å². The number of amidine groups is 1. The number of benzene rings is 1. The van der Waals surface area contributed by atoms with Gasteiger partial charge >= 0.3 is 6.18 Å². The summed E-state index contributed by atoms with van der Waals surface area (Å²) < 4.78 is 74.9. The van der Waals surface area contributed by atoms with Crippen molar-refractivity contribution in [2.24, 2.45) is 10.7 Å². The van der Waals surface area contributed by atoms with Gasteiger partial charge in [0.1, 0.15) is 29.4 Å². The van der Waals surface area contributed by atoms with E-state index in [0.29, 0.717) is 11.3 Å². The number of carbonyl (C=O) groups excluding carboxylic acids is 1. The zero-order valence-corrected chi connectivity index (χ0v) is 17.4. The van der Waals surface area contributed by atoms with Crippen LogP contribution >= 0.6 is 0 Å². The van der Waals surface area contributed by atoms with Crippen LogP contribution in [0.2, 0.25) is 0 Å². The highest BCUT2D eigenvalue weighted by Crippen LogP contribution is 2.41. The highest BCUT2D eigenvalue weighted by Gasteiger charge is 2.52. The van der Waals surface area contributed by atoms with Crippen molar-refractivity contribution in [3.8, 4) is 0 Å². The van der Waals surface area contributed by atoms with E-state index in [1.54, 1.807) is 35.7 Å². The third-order valence-electron chi connectivity index (χ3n) is 5.63. The van der Waals surface area contributed by atoms with Crippen LogP contribution in [0.4, 0.5) is 22.0 Å². The first-order valence-corrected chi connectivity index (χ1v) is 9.94. The summed E-state index contributed by atoms with van der Waals surface area (Å²) in [6.07, 6.45) is -6.77. The first-order valence-electron chi connectivity index (χ1n) is 9.94. The molecule has 3 heterocycles. The third-order valence-corrected chi connectivity index (χ3v) is 5.63. The molecule has 6 nitrogen and oxygen atoms in total. The number of fused-ring (bicyclic) bond motifs is 1. The van der Waals surface area contributed by atoms with Crippen LogP contribution in [0.1, 0.15) is 33.7 Å². The second-order valence-electron chi connectivity index (χ2n) is 7.86. The molecule has 1 aliphatic rings. The molecule has 11 heteroatoms. The van der Waals surface area contributed by atoms with Crippen molar-refractivity contribution < 1.29 is 31.5 Å². The number of halogens is 5. The summed E-state index contributed by atoms with van der Waals surface area (Å²) >= 11 is 0. The Balaban J connectivity index is 1.69. The Morgan fingerprint density at radius 3 is 2.73 bits per heavy atom. The number of aromatic nitrogens is 2. The number of ether oxygens (including phenoxy) is 1. The fourth-order valence-electron chi connectivity index (χ4n) is 3.98. The zero-order chi connectivity index (χ0) is 24.0. The molecule has 0 amide bonds. The van der Waals surface area contributed by atoms with E-state index in [0.717, 1.165) is 12.1 Å². The summed E-state index contributed by atoms with van der Waals surface area (Å²) in [6.45, 7) is 0.279. The molecule has 3 aromatic rings. The number of nitrogens with zero attached hydrogens (tertiary/aromatic N) is 3. The van der Waals surface area contributed by atoms with E-state index in [2.05, 4.69) is 14.7 Å². The number of hydrogen-bond donors (Lipinski definition) is 1. The molecule has 0 unspecified atom stereocenters. The molecule has 1 aromatic carbocycles. The third kappa shape index (κ3) is 4.14. The average Bonchev–Trinajstić information content (AvgIpc) is 3.11. The predicted octanol–water partition coefficient (Wildman–Crippen LogP) is 4.04. The van der Waals surface area contributed by atoms with Gasteiger partial charge in [0.05, 0.1) is 5.69 Å². The van der Waals surface area contributed by atoms with Crippen molar-refractivity contribution in [3.05, 3.63) is 70.9 Å². The van der Waals surface area contributed by atoms with Crippen molar-refractivity contribution in [2.45, 2.75) is 37.6 Å². The normalized spacial score (nSPS) is 21.0. The molecule has 2 aromatic heterocycles. The van der Waals surface area contributed by atoms with Crippen molar-refractivity contribution >= 4 is 17.5 Å². The Morgan fingerprint density at radius 1 is 1.30 bits per heavy atom. The lowest BCUT2D eigenvalue weighted by Crippen LogP contribution is -2.48. The molecule has 0 saturated carbocycles. The van der Waals surface area contributed by atoms with E-state index in [-0.39, 0.29) is 23.5 Å². The van der Waals surface area contributed by atoms with E-state index >= 15 is 0 Å². The molecule has 4 rings (SSSR count). The van der Waals surface area contributed by atoms with Gasteiger partial charge in [-0.25, -0.2) is 18.8 Å². The van der Waals surface area contributed by atoms with Crippen LogP contribution in [0.25, 0.3) is 5.65 Å². The smallest absolute Gasteiger partial charge is 0.425 e. The lowest BCUT2D eigenvalue weighted by atomic mass is 9.83. The number of nitrogens with two attached hydrogens (primary N) is 1. The maximum atomic E-state index is 14.7. The average molecular weight is 466 g/mol. The van der Waals surface area contributed by atoms with Gasteiger partial charge in [0.15, 0.2) is 11.9 Å². The maximum Gasteiger partial charge on any atom is 0.425 e. The number of imidazole rings is 1. The molecule has 0 fully saturated rings. The van der Waals surface area contributed by atoms with E-state index in [1.807, 2.05) is 0 Å². The quantitative estimate of drug-likeness (QED) is 0.455. The van der Waals surface area contributed by atoms with E-state index in [1.165, 1.54) is 6.07 Å². The van der Waals surface area contributed by atoms with Gasteiger partial charge in [-0.1, -0.05) is 12.1 Å². The van der Waals surface area contributed by atoms with Crippen molar-refractivity contribution in [3.63, 3.8) is 0 Å². The van der Waals surface area contributed by atoms with Gasteiger partial charge < -0.3 is 14.9 Å². The Bertz CT molecular complexity index is 1250. The van der Waals surface area contributed by atoms with Gasteiger partial charge in [0.25, 0.3) is 6.02 Å². The van der Waals surface area contributed by atoms with Crippen LogP contribution in [0.3, 0.4) is 0 Å². The Labute approximate surface area is 184 Å². The Kier molecular flexibility index (Phi) is 5.59. The summed E-state index contributed by atoms with van der Waals surface area (Å²) in [5, 5.41) is 0. The number of aryl methyl sites for hydroxylation is 1. The molecule has 0 aliphatic carbocycles.